The lowest BCUT2D eigenvalue weighted by molar-refractivity contribution is 0.0696. The summed E-state index contributed by atoms with van der Waals surface area (Å²) < 4.78 is 27.7. The molecule has 2 rings (SSSR count). The molecule has 0 bridgehead atoms. The molecule has 0 radical (unpaired) electrons. The summed E-state index contributed by atoms with van der Waals surface area (Å²) in [6, 6.07) is 5.19. The van der Waals surface area contributed by atoms with Gasteiger partial charge in [0.2, 0.25) is 0 Å². The first-order valence-electron chi connectivity index (χ1n) is 5.46. The highest BCUT2D eigenvalue weighted by Crippen LogP contribution is 2.28. The van der Waals surface area contributed by atoms with E-state index in [2.05, 4.69) is 41.6 Å². The standard InChI is InChI=1S/C12H8Br2N2O4S/c13-8-5-7(12(17)18)1-2-11(8)21(19,20)16-10-3-4-15-6-9(10)14/h1-6H,(H,15,16)(H,17,18). The van der Waals surface area contributed by atoms with Crippen LogP contribution < -0.4 is 4.72 Å². The van der Waals surface area contributed by atoms with Crippen molar-refractivity contribution in [1.82, 2.24) is 4.98 Å². The van der Waals surface area contributed by atoms with Gasteiger partial charge < -0.3 is 5.11 Å². The van der Waals surface area contributed by atoms with Gasteiger partial charge in [-0.3, -0.25) is 9.71 Å². The number of hydrogen-bond donors (Lipinski definition) is 2. The van der Waals surface area contributed by atoms with Crippen molar-refractivity contribution in [2.24, 2.45) is 0 Å². The molecular formula is C12H8Br2N2O4S. The Morgan fingerprint density at radius 3 is 2.48 bits per heavy atom. The first-order valence-corrected chi connectivity index (χ1v) is 8.53. The molecule has 0 fully saturated rings. The number of rotatable bonds is 4. The lowest BCUT2D eigenvalue weighted by atomic mass is 10.2. The Hall–Kier alpha value is -1.45. The van der Waals surface area contributed by atoms with E-state index in [0.717, 1.165) is 0 Å². The highest BCUT2D eigenvalue weighted by Gasteiger charge is 2.20. The van der Waals surface area contributed by atoms with E-state index >= 15 is 0 Å². The van der Waals surface area contributed by atoms with Crippen molar-refractivity contribution in [2.45, 2.75) is 4.90 Å². The number of hydrogen-bond acceptors (Lipinski definition) is 4. The van der Waals surface area contributed by atoms with Crippen LogP contribution in [-0.2, 0) is 10.0 Å². The minimum Gasteiger partial charge on any atom is -0.478 e. The average Bonchev–Trinajstić information content (AvgIpc) is 2.40. The lowest BCUT2D eigenvalue weighted by Crippen LogP contribution is -2.14. The van der Waals surface area contributed by atoms with Gasteiger partial charge in [0, 0.05) is 16.9 Å². The minimum absolute atomic E-state index is 0.00841. The molecule has 1 aromatic heterocycles. The number of aromatic nitrogens is 1. The highest BCUT2D eigenvalue weighted by atomic mass is 79.9. The fraction of sp³-hybridized carbons (Fsp3) is 0. The van der Waals surface area contributed by atoms with Crippen LogP contribution in [0.5, 0.6) is 0 Å². The van der Waals surface area contributed by atoms with E-state index < -0.39 is 16.0 Å². The van der Waals surface area contributed by atoms with Crippen LogP contribution in [0.1, 0.15) is 10.4 Å². The molecule has 0 aliphatic carbocycles. The summed E-state index contributed by atoms with van der Waals surface area (Å²) in [5.41, 5.74) is 0.324. The summed E-state index contributed by atoms with van der Waals surface area (Å²) in [4.78, 5) is 14.6. The van der Waals surface area contributed by atoms with Gasteiger partial charge in [0.15, 0.2) is 0 Å². The Morgan fingerprint density at radius 1 is 1.19 bits per heavy atom. The van der Waals surface area contributed by atoms with Crippen molar-refractivity contribution < 1.29 is 18.3 Å². The highest BCUT2D eigenvalue weighted by molar-refractivity contribution is 9.11. The Labute approximate surface area is 137 Å². The number of halogens is 2. The monoisotopic (exact) mass is 434 g/mol. The molecule has 0 aliphatic heterocycles. The molecule has 9 heteroatoms. The number of sulfonamides is 1. The van der Waals surface area contributed by atoms with E-state index in [4.69, 9.17) is 5.11 Å². The molecule has 6 nitrogen and oxygen atoms in total. The number of anilines is 1. The van der Waals surface area contributed by atoms with Gasteiger partial charge in [-0.1, -0.05) is 0 Å². The summed E-state index contributed by atoms with van der Waals surface area (Å²) in [5, 5.41) is 8.88. The van der Waals surface area contributed by atoms with Crippen molar-refractivity contribution in [3.8, 4) is 0 Å². The van der Waals surface area contributed by atoms with Gasteiger partial charge in [0.05, 0.1) is 15.7 Å². The van der Waals surface area contributed by atoms with Crippen molar-refractivity contribution in [3.05, 3.63) is 51.2 Å². The zero-order valence-corrected chi connectivity index (χ0v) is 14.2. The van der Waals surface area contributed by atoms with Crippen molar-refractivity contribution in [1.29, 1.82) is 0 Å². The first-order chi connectivity index (χ1) is 9.81. The maximum atomic E-state index is 12.3. The molecule has 0 amide bonds. The number of pyridine rings is 1. The van der Waals surface area contributed by atoms with Crippen molar-refractivity contribution in [2.75, 3.05) is 4.72 Å². The number of carboxylic acids is 1. The van der Waals surface area contributed by atoms with Gasteiger partial charge in [0.25, 0.3) is 10.0 Å². The van der Waals surface area contributed by atoms with E-state index in [1.165, 1.54) is 36.7 Å². The predicted octanol–water partition coefficient (Wildman–Crippen LogP) is 3.11. The Balaban J connectivity index is 2.41. The molecule has 110 valence electrons. The Kier molecular flexibility index (Phi) is 4.64. The second-order valence-corrected chi connectivity index (χ2v) is 7.27. The fourth-order valence-corrected chi connectivity index (χ4v) is 4.15. The van der Waals surface area contributed by atoms with E-state index in [-0.39, 0.29) is 14.9 Å². The second kappa shape index (κ2) is 6.12. The van der Waals surface area contributed by atoms with Crippen LogP contribution in [0.15, 0.2) is 50.5 Å². The number of aromatic carboxylic acids is 1. The molecule has 0 atom stereocenters. The maximum absolute atomic E-state index is 12.3. The van der Waals surface area contributed by atoms with Crippen molar-refractivity contribution in [3.63, 3.8) is 0 Å². The maximum Gasteiger partial charge on any atom is 0.335 e. The van der Waals surface area contributed by atoms with Crippen LogP contribution in [0, 0.1) is 0 Å². The van der Waals surface area contributed by atoms with Crippen LogP contribution >= 0.6 is 31.9 Å². The van der Waals surface area contributed by atoms with Crippen molar-refractivity contribution >= 4 is 53.5 Å². The van der Waals surface area contributed by atoms with Gasteiger partial charge in [-0.2, -0.15) is 0 Å². The van der Waals surface area contributed by atoms with Gasteiger partial charge in [-0.25, -0.2) is 13.2 Å². The van der Waals surface area contributed by atoms with E-state index in [0.29, 0.717) is 10.2 Å². The minimum atomic E-state index is -3.86. The summed E-state index contributed by atoms with van der Waals surface area (Å²) >= 11 is 6.27. The van der Waals surface area contributed by atoms with Crippen LogP contribution in [0.2, 0.25) is 0 Å². The normalized spacial score (nSPS) is 11.1. The molecule has 1 heterocycles. The van der Waals surface area contributed by atoms with Gasteiger partial charge in [-0.15, -0.1) is 0 Å². The molecule has 0 saturated heterocycles. The van der Waals surface area contributed by atoms with E-state index in [1.807, 2.05) is 0 Å². The van der Waals surface area contributed by atoms with Gasteiger partial charge >= 0.3 is 5.97 Å². The second-order valence-electron chi connectivity index (χ2n) is 3.91. The third-order valence-corrected chi connectivity index (χ3v) is 5.46. The molecule has 2 aromatic rings. The molecular weight excluding hydrogens is 428 g/mol. The predicted molar refractivity (Wildman–Crippen MR) is 83.8 cm³/mol. The van der Waals surface area contributed by atoms with Crippen LogP contribution in [0.3, 0.4) is 0 Å². The number of nitrogens with zero attached hydrogens (tertiary/aromatic N) is 1. The Bertz CT molecular complexity index is 809. The summed E-state index contributed by atoms with van der Waals surface area (Å²) in [5.74, 6) is -1.13. The first kappa shape index (κ1) is 15.9. The summed E-state index contributed by atoms with van der Waals surface area (Å²) in [6.45, 7) is 0. The number of nitrogens with one attached hydrogen (secondary N) is 1. The topological polar surface area (TPSA) is 96.4 Å². The van der Waals surface area contributed by atoms with E-state index in [1.54, 1.807) is 0 Å². The summed E-state index contributed by atoms with van der Waals surface area (Å²) in [6.07, 6.45) is 2.91. The third-order valence-electron chi connectivity index (χ3n) is 2.49. The van der Waals surface area contributed by atoms with E-state index in [9.17, 15) is 13.2 Å². The van der Waals surface area contributed by atoms with Gasteiger partial charge in [-0.05, 0) is 56.1 Å². The molecule has 0 aliphatic rings. The van der Waals surface area contributed by atoms with Crippen LogP contribution in [0.4, 0.5) is 5.69 Å². The summed E-state index contributed by atoms with van der Waals surface area (Å²) in [7, 11) is -3.86. The smallest absolute Gasteiger partial charge is 0.335 e. The third kappa shape index (κ3) is 3.60. The largest absolute Gasteiger partial charge is 0.478 e. The molecule has 0 saturated carbocycles. The van der Waals surface area contributed by atoms with Crippen LogP contribution in [-0.4, -0.2) is 24.5 Å². The average molecular weight is 436 g/mol. The Morgan fingerprint density at radius 2 is 1.90 bits per heavy atom. The van der Waals surface area contributed by atoms with Gasteiger partial charge in [0.1, 0.15) is 4.90 Å². The van der Waals surface area contributed by atoms with Crippen LogP contribution in [0.25, 0.3) is 0 Å². The number of benzene rings is 1. The zero-order chi connectivity index (χ0) is 15.6. The fourth-order valence-electron chi connectivity index (χ4n) is 1.51. The lowest BCUT2D eigenvalue weighted by Gasteiger charge is -2.11. The number of carboxylic acid groups (broad SMARTS) is 1. The number of carbonyl (C=O) groups is 1. The quantitative estimate of drug-likeness (QED) is 0.768. The molecule has 0 unspecified atom stereocenters. The molecule has 2 N–H and O–H groups in total. The zero-order valence-electron chi connectivity index (χ0n) is 10.2. The molecule has 21 heavy (non-hydrogen) atoms. The molecule has 1 aromatic carbocycles. The SMILES string of the molecule is O=C(O)c1ccc(S(=O)(=O)Nc2ccncc2Br)c(Br)c1. The molecule has 0 spiro atoms.